The summed E-state index contributed by atoms with van der Waals surface area (Å²) in [6.45, 7) is 4.04. The summed E-state index contributed by atoms with van der Waals surface area (Å²) in [6.07, 6.45) is 6.67. The van der Waals surface area contributed by atoms with Gasteiger partial charge in [0, 0.05) is 17.3 Å². The van der Waals surface area contributed by atoms with Gasteiger partial charge in [-0.05, 0) is 37.6 Å². The summed E-state index contributed by atoms with van der Waals surface area (Å²) < 4.78 is 1.77. The molecule has 0 fully saturated rings. The number of hydrogen-bond donors (Lipinski definition) is 0. The van der Waals surface area contributed by atoms with Crippen LogP contribution in [0.15, 0.2) is 42.7 Å². The molecule has 3 nitrogen and oxygen atoms in total. The van der Waals surface area contributed by atoms with Crippen molar-refractivity contribution in [3.8, 4) is 0 Å². The van der Waals surface area contributed by atoms with Crippen molar-refractivity contribution < 1.29 is 4.79 Å². The Labute approximate surface area is 117 Å². The average Bonchev–Trinajstić information content (AvgIpc) is 2.87. The number of carbonyl (C=O) groups excluding carboxylic acids is 1. The normalized spacial score (nSPS) is 11.4. The summed E-state index contributed by atoms with van der Waals surface area (Å²) in [5.74, 6) is -0.0538. The summed E-state index contributed by atoms with van der Waals surface area (Å²) in [5, 5.41) is 4.83. The van der Waals surface area contributed by atoms with Gasteiger partial charge >= 0.3 is 0 Å². The van der Waals surface area contributed by atoms with Gasteiger partial charge in [0.1, 0.15) is 0 Å². The van der Waals surface area contributed by atoms with Crippen molar-refractivity contribution in [2.75, 3.05) is 0 Å². The summed E-state index contributed by atoms with van der Waals surface area (Å²) in [6, 6.07) is 7.57. The van der Waals surface area contributed by atoms with E-state index < -0.39 is 0 Å². The first-order valence-corrected chi connectivity index (χ1v) is 6.46. The van der Waals surface area contributed by atoms with Crippen LogP contribution in [0.4, 0.5) is 0 Å². The smallest absolute Gasteiger partial charge is 0.189 e. The Morgan fingerprint density at radius 2 is 2.00 bits per heavy atom. The predicted molar refractivity (Wildman–Crippen MR) is 77.4 cm³/mol. The van der Waals surface area contributed by atoms with Crippen LogP contribution in [-0.4, -0.2) is 15.6 Å². The van der Waals surface area contributed by atoms with Gasteiger partial charge in [0.15, 0.2) is 5.78 Å². The van der Waals surface area contributed by atoms with Crippen molar-refractivity contribution in [1.29, 1.82) is 0 Å². The molecule has 2 rings (SSSR count). The first-order chi connectivity index (χ1) is 9.06. The Bertz CT molecular complexity index is 597. The summed E-state index contributed by atoms with van der Waals surface area (Å²) in [5.41, 5.74) is 1.54. The second kappa shape index (κ2) is 5.85. The molecule has 0 saturated heterocycles. The van der Waals surface area contributed by atoms with Crippen LogP contribution in [0, 0.1) is 0 Å². The van der Waals surface area contributed by atoms with E-state index >= 15 is 0 Å². The summed E-state index contributed by atoms with van der Waals surface area (Å²) in [7, 11) is 0. The molecule has 0 aliphatic carbocycles. The molecule has 98 valence electrons. The van der Waals surface area contributed by atoms with Gasteiger partial charge in [-0.15, -0.1) is 0 Å². The zero-order valence-corrected chi connectivity index (χ0v) is 11.6. The predicted octanol–water partition coefficient (Wildman–Crippen LogP) is 4.01. The van der Waals surface area contributed by atoms with Crippen LogP contribution < -0.4 is 0 Å². The zero-order valence-electron chi connectivity index (χ0n) is 10.9. The zero-order chi connectivity index (χ0) is 13.8. The maximum Gasteiger partial charge on any atom is 0.189 e. The lowest BCUT2D eigenvalue weighted by molar-refractivity contribution is 0.104. The van der Waals surface area contributed by atoms with Crippen LogP contribution in [0.1, 0.15) is 35.8 Å². The molecule has 0 N–H and O–H groups in total. The minimum atomic E-state index is -0.0538. The molecule has 0 radical (unpaired) electrons. The maximum atomic E-state index is 12.0. The van der Waals surface area contributed by atoms with E-state index in [-0.39, 0.29) is 11.8 Å². The highest BCUT2D eigenvalue weighted by molar-refractivity contribution is 6.30. The summed E-state index contributed by atoms with van der Waals surface area (Å²) in [4.78, 5) is 12.0. The van der Waals surface area contributed by atoms with Crippen LogP contribution in [0.25, 0.3) is 6.08 Å². The molecule has 1 aromatic heterocycles. The highest BCUT2D eigenvalue weighted by Gasteiger charge is 2.06. The van der Waals surface area contributed by atoms with Gasteiger partial charge in [-0.2, -0.15) is 5.10 Å². The lowest BCUT2D eigenvalue weighted by Gasteiger charge is -2.02. The van der Waals surface area contributed by atoms with E-state index in [1.807, 2.05) is 26.0 Å². The van der Waals surface area contributed by atoms with Crippen LogP contribution in [0.2, 0.25) is 5.02 Å². The number of allylic oxidation sites excluding steroid dienone is 1. The van der Waals surface area contributed by atoms with Gasteiger partial charge in [0.05, 0.1) is 11.8 Å². The Hall–Kier alpha value is -1.87. The number of nitrogens with zero attached hydrogens (tertiary/aromatic N) is 2. The van der Waals surface area contributed by atoms with E-state index in [1.165, 1.54) is 0 Å². The largest absolute Gasteiger partial charge is 0.289 e. The average molecular weight is 275 g/mol. The number of benzene rings is 1. The summed E-state index contributed by atoms with van der Waals surface area (Å²) >= 11 is 5.80. The number of hydrogen-bond acceptors (Lipinski definition) is 2. The van der Waals surface area contributed by atoms with Crippen LogP contribution in [0.5, 0.6) is 0 Å². The highest BCUT2D eigenvalue weighted by atomic mass is 35.5. The number of ketones is 1. The van der Waals surface area contributed by atoms with E-state index in [0.717, 1.165) is 5.56 Å². The highest BCUT2D eigenvalue weighted by Crippen LogP contribution is 2.12. The van der Waals surface area contributed by atoms with E-state index in [1.54, 1.807) is 41.4 Å². The van der Waals surface area contributed by atoms with E-state index in [4.69, 9.17) is 11.6 Å². The number of halogens is 1. The second-order valence-corrected chi connectivity index (χ2v) is 4.99. The Kier molecular flexibility index (Phi) is 4.17. The molecule has 1 aromatic carbocycles. The Morgan fingerprint density at radius 1 is 1.32 bits per heavy atom. The van der Waals surface area contributed by atoms with Crippen LogP contribution in [-0.2, 0) is 0 Å². The SMILES string of the molecule is CC(C)n1cc(C(=O)C=Cc2ccc(Cl)cc2)cn1. The minimum Gasteiger partial charge on any atom is -0.289 e. The molecule has 0 amide bonds. The van der Waals surface area contributed by atoms with Gasteiger partial charge in [-0.1, -0.05) is 29.8 Å². The van der Waals surface area contributed by atoms with Crippen molar-refractivity contribution in [3.63, 3.8) is 0 Å². The molecule has 1 heterocycles. The monoisotopic (exact) mass is 274 g/mol. The molecule has 0 spiro atoms. The fourth-order valence-corrected chi connectivity index (χ4v) is 1.72. The standard InChI is InChI=1S/C15H15ClN2O/c1-11(2)18-10-13(9-17-18)15(19)8-5-12-3-6-14(16)7-4-12/h3-11H,1-2H3. The quantitative estimate of drug-likeness (QED) is 0.624. The van der Waals surface area contributed by atoms with Crippen molar-refractivity contribution in [2.45, 2.75) is 19.9 Å². The molecule has 19 heavy (non-hydrogen) atoms. The third kappa shape index (κ3) is 3.55. The van der Waals surface area contributed by atoms with Gasteiger partial charge in [0.2, 0.25) is 0 Å². The van der Waals surface area contributed by atoms with Gasteiger partial charge in [-0.3, -0.25) is 9.48 Å². The molecule has 0 aliphatic rings. The third-order valence-electron chi connectivity index (χ3n) is 2.71. The molecule has 0 unspecified atom stereocenters. The first-order valence-electron chi connectivity index (χ1n) is 6.08. The van der Waals surface area contributed by atoms with Gasteiger partial charge in [-0.25, -0.2) is 0 Å². The first kappa shape index (κ1) is 13.6. The molecule has 4 heteroatoms. The second-order valence-electron chi connectivity index (χ2n) is 4.55. The molecule has 0 atom stereocenters. The van der Waals surface area contributed by atoms with Gasteiger partial charge < -0.3 is 0 Å². The maximum absolute atomic E-state index is 12.0. The van der Waals surface area contributed by atoms with E-state index in [9.17, 15) is 4.79 Å². The van der Waals surface area contributed by atoms with Crippen molar-refractivity contribution >= 4 is 23.5 Å². The lowest BCUT2D eigenvalue weighted by atomic mass is 10.1. The fourth-order valence-electron chi connectivity index (χ4n) is 1.59. The van der Waals surface area contributed by atoms with E-state index in [2.05, 4.69) is 5.10 Å². The molecule has 0 aliphatic heterocycles. The number of rotatable bonds is 4. The van der Waals surface area contributed by atoms with Gasteiger partial charge in [0.25, 0.3) is 0 Å². The lowest BCUT2D eigenvalue weighted by Crippen LogP contribution is -2.00. The molecule has 2 aromatic rings. The number of aromatic nitrogens is 2. The van der Waals surface area contributed by atoms with Crippen molar-refractivity contribution in [2.24, 2.45) is 0 Å². The van der Waals surface area contributed by atoms with Crippen molar-refractivity contribution in [3.05, 3.63) is 58.9 Å². The van der Waals surface area contributed by atoms with Crippen LogP contribution in [0.3, 0.4) is 0 Å². The number of carbonyl (C=O) groups is 1. The molecule has 0 saturated carbocycles. The van der Waals surface area contributed by atoms with Crippen molar-refractivity contribution in [1.82, 2.24) is 9.78 Å². The Morgan fingerprint density at radius 3 is 2.58 bits per heavy atom. The third-order valence-corrected chi connectivity index (χ3v) is 2.96. The van der Waals surface area contributed by atoms with E-state index in [0.29, 0.717) is 10.6 Å². The molecular formula is C15H15ClN2O. The Balaban J connectivity index is 2.09. The minimum absolute atomic E-state index is 0.0538. The topological polar surface area (TPSA) is 34.9 Å². The van der Waals surface area contributed by atoms with Crippen LogP contribution >= 0.6 is 11.6 Å². The fraction of sp³-hybridized carbons (Fsp3) is 0.200. The molecular weight excluding hydrogens is 260 g/mol. The molecule has 0 bridgehead atoms.